The van der Waals surface area contributed by atoms with Gasteiger partial charge in [0, 0.05) is 14.2 Å². The number of aryl methyl sites for hydroxylation is 2. The molecule has 1 aromatic carbocycles. The number of aromatic nitrogens is 3. The van der Waals surface area contributed by atoms with E-state index in [0.29, 0.717) is 5.56 Å². The Morgan fingerprint density at radius 2 is 1.82 bits per heavy atom. The Kier molecular flexibility index (Phi) is 5.77. The van der Waals surface area contributed by atoms with Crippen LogP contribution in [0.25, 0.3) is 22.3 Å². The lowest BCUT2D eigenvalue weighted by atomic mass is 10.0. The Labute approximate surface area is 188 Å². The highest BCUT2D eigenvalue weighted by Crippen LogP contribution is 2.32. The molecule has 4 aliphatic rings. The molecule has 1 N–H and O–H groups in total. The summed E-state index contributed by atoms with van der Waals surface area (Å²) in [6.45, 7) is 2.79. The van der Waals surface area contributed by atoms with Crippen LogP contribution in [0, 0.1) is 13.8 Å². The van der Waals surface area contributed by atoms with Gasteiger partial charge in [-0.05, 0) is 48.6 Å². The number of rotatable bonds is 5. The van der Waals surface area contributed by atoms with Gasteiger partial charge >= 0.3 is 5.69 Å². The van der Waals surface area contributed by atoms with Crippen LogP contribution >= 0.6 is 0 Å². The molecule has 0 saturated carbocycles. The summed E-state index contributed by atoms with van der Waals surface area (Å²) in [6, 6.07) is 5.76. The number of benzene rings is 1. The number of nitrogens with one attached hydrogen (secondary N) is 1. The van der Waals surface area contributed by atoms with Gasteiger partial charge in [0.2, 0.25) is 0 Å². The molecule has 5 rings (SSSR count). The van der Waals surface area contributed by atoms with Crippen molar-refractivity contribution in [2.75, 3.05) is 20.8 Å². The van der Waals surface area contributed by atoms with Gasteiger partial charge in [-0.15, -0.1) is 0 Å². The van der Waals surface area contributed by atoms with Crippen molar-refractivity contribution in [1.82, 2.24) is 14.5 Å². The third-order valence-electron chi connectivity index (χ3n) is 6.12. The normalized spacial score (nSPS) is 27.7. The van der Waals surface area contributed by atoms with E-state index in [-0.39, 0.29) is 19.0 Å². The average molecular weight is 459 g/mol. The first-order chi connectivity index (χ1) is 15.9. The molecule has 176 valence electrons. The van der Waals surface area contributed by atoms with Gasteiger partial charge in [-0.1, -0.05) is 0 Å². The Morgan fingerprint density at radius 3 is 2.55 bits per heavy atom. The summed E-state index contributed by atoms with van der Waals surface area (Å²) < 4.78 is 35.3. The third-order valence-corrected chi connectivity index (χ3v) is 6.12. The summed E-state index contributed by atoms with van der Waals surface area (Å²) >= 11 is 0. The Balaban J connectivity index is 1.62. The molecular formula is C22H25N3O8. The molecule has 11 heteroatoms. The van der Waals surface area contributed by atoms with Crippen LogP contribution < -0.4 is 11.2 Å². The lowest BCUT2D eigenvalue weighted by Crippen LogP contribution is -2.40. The first kappa shape index (κ1) is 22.1. The van der Waals surface area contributed by atoms with Crippen molar-refractivity contribution in [3.63, 3.8) is 0 Å². The van der Waals surface area contributed by atoms with Gasteiger partial charge in [-0.25, -0.2) is 4.79 Å². The molecule has 2 fully saturated rings. The summed E-state index contributed by atoms with van der Waals surface area (Å²) in [6.07, 6.45) is -1.55. The molecule has 0 aromatic heterocycles. The second kappa shape index (κ2) is 8.60. The molecule has 1 aromatic rings. The van der Waals surface area contributed by atoms with E-state index < -0.39 is 42.5 Å². The Hall–Kier alpha value is -2.67. The zero-order valence-electron chi connectivity index (χ0n) is 18.7. The maximum atomic E-state index is 12.6. The number of hydrogen-bond donors (Lipinski definition) is 1. The van der Waals surface area contributed by atoms with Crippen molar-refractivity contribution in [3.05, 3.63) is 50.2 Å². The summed E-state index contributed by atoms with van der Waals surface area (Å²) in [7, 11) is 2.96. The number of aromatic amines is 1. The van der Waals surface area contributed by atoms with Gasteiger partial charge in [-0.2, -0.15) is 4.98 Å². The first-order valence-corrected chi connectivity index (χ1v) is 10.6. The predicted molar refractivity (Wildman–Crippen MR) is 115 cm³/mol. The third kappa shape index (κ3) is 3.97. The Bertz CT molecular complexity index is 1270. The van der Waals surface area contributed by atoms with Crippen molar-refractivity contribution in [2.24, 2.45) is 0 Å². The van der Waals surface area contributed by atoms with E-state index in [1.165, 1.54) is 14.2 Å². The fraction of sp³-hybridized carbons (Fsp3) is 0.500. The molecule has 0 aliphatic carbocycles. The fourth-order valence-corrected chi connectivity index (χ4v) is 4.34. The number of methoxy groups -OCH3 is 2. The minimum atomic E-state index is -0.901. The van der Waals surface area contributed by atoms with E-state index in [1.807, 2.05) is 30.5 Å². The van der Waals surface area contributed by atoms with E-state index in [4.69, 9.17) is 28.4 Å². The Morgan fingerprint density at radius 1 is 1.06 bits per heavy atom. The lowest BCUT2D eigenvalue weighted by Gasteiger charge is -2.25. The second-order valence-electron chi connectivity index (χ2n) is 8.19. The molecular weight excluding hydrogens is 434 g/mol. The van der Waals surface area contributed by atoms with Gasteiger partial charge in [0.1, 0.15) is 18.3 Å². The second-order valence-corrected chi connectivity index (χ2v) is 8.19. The van der Waals surface area contributed by atoms with Crippen molar-refractivity contribution >= 4 is 10.9 Å². The van der Waals surface area contributed by atoms with Crippen molar-refractivity contribution in [3.8, 4) is 11.4 Å². The SMILES string of the molecule is COC1O[C@H]([C@H]2COC(OC)O2)[C@H](Cn2c3nc(=O)[nH]c(=O)c-3cc3cc(C)c(C)cc32)O1. The van der Waals surface area contributed by atoms with Crippen LogP contribution in [0.4, 0.5) is 0 Å². The number of H-pyrrole nitrogens is 1. The molecule has 2 unspecified atom stereocenters. The molecule has 4 aliphatic heterocycles. The number of ether oxygens (including phenoxy) is 6. The summed E-state index contributed by atoms with van der Waals surface area (Å²) in [5.41, 5.74) is 2.05. The van der Waals surface area contributed by atoms with Gasteiger partial charge in [0.25, 0.3) is 18.5 Å². The van der Waals surface area contributed by atoms with E-state index in [0.717, 1.165) is 22.0 Å². The zero-order valence-corrected chi connectivity index (χ0v) is 18.7. The fourth-order valence-electron chi connectivity index (χ4n) is 4.34. The molecule has 0 amide bonds. The van der Waals surface area contributed by atoms with Crippen LogP contribution in [0.2, 0.25) is 0 Å². The predicted octanol–water partition coefficient (Wildman–Crippen LogP) is 0.866. The quantitative estimate of drug-likeness (QED) is 0.554. The van der Waals surface area contributed by atoms with Crippen molar-refractivity contribution in [2.45, 2.75) is 51.7 Å². The first-order valence-electron chi connectivity index (χ1n) is 10.6. The molecule has 0 radical (unpaired) electrons. The number of fused-ring (bicyclic) bond motifs is 2. The summed E-state index contributed by atoms with van der Waals surface area (Å²) in [4.78, 5) is 31.0. The maximum Gasteiger partial charge on any atom is 0.349 e. The largest absolute Gasteiger partial charge is 0.349 e. The van der Waals surface area contributed by atoms with Crippen molar-refractivity contribution < 1.29 is 28.4 Å². The van der Waals surface area contributed by atoms with Gasteiger partial charge in [-0.3, -0.25) is 9.78 Å². The minimum Gasteiger partial charge on any atom is -0.333 e. The minimum absolute atomic E-state index is 0.230. The standard InChI is InChI=1S/C22H25N3O8/c1-10-5-12-7-13-18(23-20(27)24-19(13)26)25(14(12)6-11(10)2)8-15-17(33-22(29-4)31-15)16-9-30-21(28-3)32-16/h5-7,15-17,21-22H,8-9H2,1-4H3,(H,24,26,27)/t15-,16+,17-,21?,22?/m0/s1. The molecule has 5 atom stereocenters. The monoisotopic (exact) mass is 459 g/mol. The van der Waals surface area contributed by atoms with Crippen LogP contribution in [0.15, 0.2) is 27.8 Å². The van der Waals surface area contributed by atoms with Crippen molar-refractivity contribution in [1.29, 1.82) is 0 Å². The summed E-state index contributed by atoms with van der Waals surface area (Å²) in [5.74, 6) is 0.265. The van der Waals surface area contributed by atoms with E-state index in [1.54, 1.807) is 6.07 Å². The molecule has 0 spiro atoms. The molecule has 4 heterocycles. The van der Waals surface area contributed by atoms with E-state index >= 15 is 0 Å². The van der Waals surface area contributed by atoms with Gasteiger partial charge < -0.3 is 33.0 Å². The smallest absolute Gasteiger partial charge is 0.333 e. The van der Waals surface area contributed by atoms with Crippen LogP contribution in [0.3, 0.4) is 0 Å². The average Bonchev–Trinajstić information content (AvgIpc) is 3.42. The van der Waals surface area contributed by atoms with Crippen LogP contribution in [0.5, 0.6) is 0 Å². The highest BCUT2D eigenvalue weighted by Gasteiger charge is 2.46. The number of nitrogens with zero attached hydrogens (tertiary/aromatic N) is 2. The highest BCUT2D eigenvalue weighted by atomic mass is 16.9. The summed E-state index contributed by atoms with van der Waals surface area (Å²) in [5, 5.41) is 0.843. The lowest BCUT2D eigenvalue weighted by molar-refractivity contribution is -0.246. The molecule has 33 heavy (non-hydrogen) atoms. The number of hydrogen-bond acceptors (Lipinski definition) is 9. The van der Waals surface area contributed by atoms with E-state index in [9.17, 15) is 9.59 Å². The number of pyridine rings is 1. The van der Waals surface area contributed by atoms with Gasteiger partial charge in [0.15, 0.2) is 5.82 Å². The van der Waals surface area contributed by atoms with E-state index in [2.05, 4.69) is 9.97 Å². The molecule has 0 bridgehead atoms. The topological polar surface area (TPSA) is 123 Å². The maximum absolute atomic E-state index is 12.6. The van der Waals surface area contributed by atoms with Gasteiger partial charge in [0.05, 0.1) is 24.2 Å². The van der Waals surface area contributed by atoms with Crippen LogP contribution in [-0.2, 0) is 35.0 Å². The highest BCUT2D eigenvalue weighted by molar-refractivity contribution is 5.86. The molecule has 2 saturated heterocycles. The molecule has 11 nitrogen and oxygen atoms in total. The zero-order chi connectivity index (χ0) is 23.3. The van der Waals surface area contributed by atoms with Crippen LogP contribution in [-0.4, -0.2) is 66.6 Å². The van der Waals surface area contributed by atoms with Crippen LogP contribution in [0.1, 0.15) is 11.1 Å².